The normalized spacial score (nSPS) is 24.8. The van der Waals surface area contributed by atoms with Crippen molar-refractivity contribution in [3.05, 3.63) is 76.9 Å². The third-order valence-corrected chi connectivity index (χ3v) is 7.41. The molecule has 0 bridgehead atoms. The number of nitrogens with one attached hydrogen (secondary N) is 1. The number of benzene rings is 1. The second-order valence-corrected chi connectivity index (χ2v) is 10.3. The molecule has 0 radical (unpaired) electrons. The van der Waals surface area contributed by atoms with E-state index >= 15 is 0 Å². The lowest BCUT2D eigenvalue weighted by Crippen LogP contribution is -2.37. The summed E-state index contributed by atoms with van der Waals surface area (Å²) in [5, 5.41) is 0. The standard InChI is InChI=1S/C30H33N3O2/c1-17-14-18(2)29(19(3)15-17)35-30(34)26-21(5)33-24(27(26)22-10-7-6-8-11-22)16-25-28-23(20(4)32-25)12-9-13-31-28/h6-13,16-19,29,33H,14-15H2,1-5H3/b25-16-. The number of rotatable bonds is 4. The Labute approximate surface area is 207 Å². The summed E-state index contributed by atoms with van der Waals surface area (Å²) >= 11 is 0. The van der Waals surface area contributed by atoms with Gasteiger partial charge in [0.15, 0.2) is 0 Å². The number of hydrogen-bond donors (Lipinski definition) is 1. The predicted molar refractivity (Wildman–Crippen MR) is 141 cm³/mol. The van der Waals surface area contributed by atoms with Crippen LogP contribution in [0, 0.1) is 24.7 Å². The lowest BCUT2D eigenvalue weighted by atomic mass is 9.75. The lowest BCUT2D eigenvalue weighted by Gasteiger charge is -2.37. The van der Waals surface area contributed by atoms with Gasteiger partial charge in [-0.3, -0.25) is 9.98 Å². The zero-order chi connectivity index (χ0) is 24.7. The van der Waals surface area contributed by atoms with Crippen LogP contribution in [-0.4, -0.2) is 27.8 Å². The van der Waals surface area contributed by atoms with Crippen LogP contribution in [0.4, 0.5) is 0 Å². The average Bonchev–Trinajstić information content (AvgIpc) is 3.33. The lowest BCUT2D eigenvalue weighted by molar-refractivity contribution is -0.0252. The molecule has 1 fully saturated rings. The van der Waals surface area contributed by atoms with Crippen LogP contribution in [0.5, 0.6) is 0 Å². The van der Waals surface area contributed by atoms with Gasteiger partial charge < -0.3 is 9.72 Å². The van der Waals surface area contributed by atoms with Crippen LogP contribution in [0.2, 0.25) is 0 Å². The Morgan fingerprint density at radius 1 is 1.03 bits per heavy atom. The Bertz CT molecular complexity index is 1310. The number of aromatic amines is 1. The predicted octanol–water partition coefficient (Wildman–Crippen LogP) is 6.93. The Hall–Kier alpha value is -3.47. The fraction of sp³-hybridized carbons (Fsp3) is 0.367. The minimum Gasteiger partial charge on any atom is -0.458 e. The van der Waals surface area contributed by atoms with Crippen LogP contribution in [0.3, 0.4) is 0 Å². The molecule has 5 heteroatoms. The number of carbonyl (C=O) groups is 1. The van der Waals surface area contributed by atoms with Gasteiger partial charge in [-0.2, -0.15) is 0 Å². The summed E-state index contributed by atoms with van der Waals surface area (Å²) in [5.41, 5.74) is 7.68. The van der Waals surface area contributed by atoms with E-state index in [4.69, 9.17) is 9.73 Å². The maximum absolute atomic E-state index is 13.7. The van der Waals surface area contributed by atoms with E-state index in [2.05, 4.69) is 30.7 Å². The number of carbonyl (C=O) groups excluding carboxylic acids is 1. The summed E-state index contributed by atoms with van der Waals surface area (Å²) in [7, 11) is 0. The highest BCUT2D eigenvalue weighted by Crippen LogP contribution is 2.38. The van der Waals surface area contributed by atoms with Crippen LogP contribution in [0.25, 0.3) is 22.9 Å². The van der Waals surface area contributed by atoms with Crippen molar-refractivity contribution in [2.24, 2.45) is 22.7 Å². The Morgan fingerprint density at radius 2 is 1.74 bits per heavy atom. The van der Waals surface area contributed by atoms with Gasteiger partial charge in [-0.15, -0.1) is 0 Å². The first-order valence-electron chi connectivity index (χ1n) is 12.5. The second-order valence-electron chi connectivity index (χ2n) is 10.3. The second kappa shape index (κ2) is 9.29. The number of aliphatic imine (C=N–C) groups is 1. The van der Waals surface area contributed by atoms with Crippen LogP contribution >= 0.6 is 0 Å². The van der Waals surface area contributed by atoms with Crippen molar-refractivity contribution >= 4 is 23.5 Å². The third kappa shape index (κ3) is 4.36. The summed E-state index contributed by atoms with van der Waals surface area (Å²) in [6, 6.07) is 14.0. The van der Waals surface area contributed by atoms with Gasteiger partial charge in [-0.25, -0.2) is 4.79 Å². The van der Waals surface area contributed by atoms with E-state index in [-0.39, 0.29) is 12.1 Å². The zero-order valence-electron chi connectivity index (χ0n) is 21.1. The topological polar surface area (TPSA) is 67.3 Å². The largest absolute Gasteiger partial charge is 0.458 e. The van der Waals surface area contributed by atoms with Crippen LogP contribution < -0.4 is 0 Å². The molecule has 3 aromatic rings. The number of esters is 1. The minimum absolute atomic E-state index is 0.0726. The molecule has 2 atom stereocenters. The highest BCUT2D eigenvalue weighted by molar-refractivity contribution is 6.12. The summed E-state index contributed by atoms with van der Waals surface area (Å²) in [6.07, 6.45) is 5.88. The molecule has 0 amide bonds. The Balaban J connectivity index is 1.58. The van der Waals surface area contributed by atoms with E-state index in [0.717, 1.165) is 58.0 Å². The third-order valence-electron chi connectivity index (χ3n) is 7.41. The summed E-state index contributed by atoms with van der Waals surface area (Å²) < 4.78 is 6.23. The van der Waals surface area contributed by atoms with Gasteiger partial charge in [-0.1, -0.05) is 51.1 Å². The molecule has 5 nitrogen and oxygen atoms in total. The van der Waals surface area contributed by atoms with Crippen LogP contribution in [0.1, 0.15) is 73.5 Å². The smallest absolute Gasteiger partial charge is 0.340 e. The van der Waals surface area contributed by atoms with Crippen molar-refractivity contribution in [3.8, 4) is 11.1 Å². The SMILES string of the molecule is CC1=N/C(=C\c2[nH]c(C)c(C(=O)OC3C(C)CC(C)CC3C)c2-c2ccccc2)c2ncccc21. The number of nitrogens with zero attached hydrogens (tertiary/aromatic N) is 2. The van der Waals surface area contributed by atoms with Gasteiger partial charge in [0.25, 0.3) is 0 Å². The number of fused-ring (bicyclic) bond motifs is 1. The average molecular weight is 468 g/mol. The number of H-pyrrole nitrogens is 1. The molecular weight excluding hydrogens is 434 g/mol. The van der Waals surface area contributed by atoms with E-state index < -0.39 is 0 Å². The molecule has 1 aromatic carbocycles. The molecule has 35 heavy (non-hydrogen) atoms. The zero-order valence-corrected chi connectivity index (χ0v) is 21.1. The van der Waals surface area contributed by atoms with Crippen molar-refractivity contribution in [3.63, 3.8) is 0 Å². The van der Waals surface area contributed by atoms with Crippen LogP contribution in [-0.2, 0) is 4.74 Å². The van der Waals surface area contributed by atoms with Crippen molar-refractivity contribution in [2.75, 3.05) is 0 Å². The van der Waals surface area contributed by atoms with Crippen LogP contribution in [0.15, 0.2) is 53.7 Å². The first-order chi connectivity index (χ1) is 16.8. The monoisotopic (exact) mass is 467 g/mol. The van der Waals surface area contributed by atoms with Gasteiger partial charge in [-0.05, 0) is 68.2 Å². The van der Waals surface area contributed by atoms with Gasteiger partial charge in [0, 0.05) is 34.4 Å². The Morgan fingerprint density at radius 3 is 2.46 bits per heavy atom. The first-order valence-corrected chi connectivity index (χ1v) is 12.5. The van der Waals surface area contributed by atoms with Gasteiger partial charge in [0.1, 0.15) is 6.10 Å². The molecule has 0 spiro atoms. The number of hydrogen-bond acceptors (Lipinski definition) is 4. The molecule has 2 aliphatic rings. The van der Waals surface area contributed by atoms with Gasteiger partial charge >= 0.3 is 5.97 Å². The molecule has 3 heterocycles. The summed E-state index contributed by atoms with van der Waals surface area (Å²) in [5.74, 6) is 1.09. The molecule has 5 rings (SSSR count). The van der Waals surface area contributed by atoms with Crippen molar-refractivity contribution in [1.82, 2.24) is 9.97 Å². The highest BCUT2D eigenvalue weighted by Gasteiger charge is 2.35. The maximum Gasteiger partial charge on any atom is 0.340 e. The molecule has 0 saturated heterocycles. The quantitative estimate of drug-likeness (QED) is 0.423. The molecule has 180 valence electrons. The molecule has 1 N–H and O–H groups in total. The molecule has 1 saturated carbocycles. The summed E-state index contributed by atoms with van der Waals surface area (Å²) in [4.78, 5) is 26.5. The fourth-order valence-electron chi connectivity index (χ4n) is 5.96. The number of aryl methyl sites for hydroxylation is 1. The minimum atomic E-state index is -0.259. The van der Waals surface area contributed by atoms with Gasteiger partial charge in [0.05, 0.1) is 17.0 Å². The molecule has 2 aromatic heterocycles. The maximum atomic E-state index is 13.7. The van der Waals surface area contributed by atoms with E-state index in [1.807, 2.05) is 62.4 Å². The van der Waals surface area contributed by atoms with E-state index in [1.54, 1.807) is 6.20 Å². The van der Waals surface area contributed by atoms with Crippen molar-refractivity contribution < 1.29 is 9.53 Å². The molecular formula is C30H33N3O2. The Kier molecular flexibility index (Phi) is 6.18. The molecule has 2 unspecified atom stereocenters. The molecule has 1 aliphatic heterocycles. The number of ether oxygens (including phenoxy) is 1. The fourth-order valence-corrected chi connectivity index (χ4v) is 5.96. The first kappa shape index (κ1) is 23.3. The summed E-state index contributed by atoms with van der Waals surface area (Å²) in [6.45, 7) is 10.6. The van der Waals surface area contributed by atoms with Crippen molar-refractivity contribution in [1.29, 1.82) is 0 Å². The van der Waals surface area contributed by atoms with E-state index in [0.29, 0.717) is 23.3 Å². The van der Waals surface area contributed by atoms with Gasteiger partial charge in [0.2, 0.25) is 0 Å². The number of pyridine rings is 1. The van der Waals surface area contributed by atoms with E-state index in [1.165, 1.54) is 0 Å². The number of aromatic nitrogens is 2. The van der Waals surface area contributed by atoms with Crippen molar-refractivity contribution in [2.45, 2.75) is 53.6 Å². The highest BCUT2D eigenvalue weighted by atomic mass is 16.5. The molecule has 1 aliphatic carbocycles. The van der Waals surface area contributed by atoms with E-state index in [9.17, 15) is 4.79 Å².